The van der Waals surface area contributed by atoms with E-state index in [4.69, 9.17) is 5.26 Å². The third kappa shape index (κ3) is 5.82. The molecule has 0 saturated carbocycles. The van der Waals surface area contributed by atoms with Gasteiger partial charge in [0.1, 0.15) is 17.6 Å². The van der Waals surface area contributed by atoms with Crippen LogP contribution in [0.25, 0.3) is 0 Å². The van der Waals surface area contributed by atoms with Crippen LogP contribution in [0.4, 0.5) is 0 Å². The smallest absolute Gasteiger partial charge is 0.303 e. The van der Waals surface area contributed by atoms with Gasteiger partial charge >= 0.3 is 5.97 Å². The lowest BCUT2D eigenvalue weighted by atomic mass is 9.84. The monoisotopic (exact) mass is 508 g/mol. The number of carboxylic acids is 1. The molecular formula is C27H32N4O4S. The highest BCUT2D eigenvalue weighted by atomic mass is 32.1. The number of hydrogen-bond acceptors (Lipinski definition) is 6. The number of nitrogens with zero attached hydrogens (tertiary/aromatic N) is 3. The topological polar surface area (TPSA) is 123 Å². The maximum absolute atomic E-state index is 14.1. The van der Waals surface area contributed by atoms with Gasteiger partial charge in [-0.2, -0.15) is 5.26 Å². The summed E-state index contributed by atoms with van der Waals surface area (Å²) in [6.07, 6.45) is 3.13. The molecule has 1 aliphatic heterocycles. The van der Waals surface area contributed by atoms with Crippen molar-refractivity contribution in [1.82, 2.24) is 15.2 Å². The van der Waals surface area contributed by atoms with Crippen LogP contribution in [-0.2, 0) is 15.0 Å². The Kier molecular flexibility index (Phi) is 8.31. The molecule has 1 aliphatic rings. The van der Waals surface area contributed by atoms with Crippen molar-refractivity contribution >= 4 is 29.1 Å². The Labute approximate surface area is 215 Å². The molecule has 8 nitrogen and oxygen atoms in total. The van der Waals surface area contributed by atoms with Crippen LogP contribution >= 0.6 is 11.3 Å². The van der Waals surface area contributed by atoms with Crippen molar-refractivity contribution in [2.75, 3.05) is 6.54 Å². The Bertz CT molecular complexity index is 1170. The molecule has 0 saturated heterocycles. The van der Waals surface area contributed by atoms with Crippen molar-refractivity contribution in [3.63, 3.8) is 0 Å². The first kappa shape index (κ1) is 27.1. The fourth-order valence-corrected chi connectivity index (χ4v) is 5.27. The molecule has 9 heteroatoms. The second-order valence-electron chi connectivity index (χ2n) is 10.3. The van der Waals surface area contributed by atoms with E-state index in [1.54, 1.807) is 34.7 Å². The van der Waals surface area contributed by atoms with Gasteiger partial charge in [0.15, 0.2) is 0 Å². The van der Waals surface area contributed by atoms with Gasteiger partial charge in [-0.05, 0) is 34.9 Å². The van der Waals surface area contributed by atoms with E-state index in [0.717, 1.165) is 5.56 Å². The Balaban J connectivity index is 2.14. The zero-order valence-electron chi connectivity index (χ0n) is 21.2. The van der Waals surface area contributed by atoms with Crippen LogP contribution in [0.15, 0.2) is 47.5 Å². The van der Waals surface area contributed by atoms with Gasteiger partial charge in [-0.1, -0.05) is 52.8 Å². The molecule has 0 aliphatic carbocycles. The predicted molar refractivity (Wildman–Crippen MR) is 137 cm³/mol. The van der Waals surface area contributed by atoms with Crippen molar-refractivity contribution in [1.29, 1.82) is 5.26 Å². The van der Waals surface area contributed by atoms with Crippen LogP contribution in [0.2, 0.25) is 0 Å². The molecule has 0 fully saturated rings. The Morgan fingerprint density at radius 2 is 1.89 bits per heavy atom. The van der Waals surface area contributed by atoms with Gasteiger partial charge in [0.2, 0.25) is 5.91 Å². The number of carbonyl (C=O) groups is 3. The standard InChI is InChI=1S/C27H32N4O4S/c1-16(2)19(15-22(32)33)21-14-20(24(34)29-11-10-28)23(25-30-12-13-36-25)31(21)26(35)17-6-8-18(9-7-17)27(3,4)5/h6-9,12-14,16,19,21,23H,11,15H2,1-5H3,(H,29,34)(H,32,33)/t19?,21-,23-/m1/s1. The molecule has 36 heavy (non-hydrogen) atoms. The normalized spacial score (nSPS) is 18.5. The van der Waals surface area contributed by atoms with Gasteiger partial charge in [0, 0.05) is 22.7 Å². The Hall–Kier alpha value is -3.51. The predicted octanol–water partition coefficient (Wildman–Crippen LogP) is 4.32. The fraction of sp³-hybridized carbons (Fsp3) is 0.444. The van der Waals surface area contributed by atoms with E-state index < -0.39 is 29.9 Å². The second-order valence-corrected chi connectivity index (χ2v) is 11.2. The van der Waals surface area contributed by atoms with Crippen molar-refractivity contribution < 1.29 is 19.5 Å². The molecule has 190 valence electrons. The number of nitrogens with one attached hydrogen (secondary N) is 1. The van der Waals surface area contributed by atoms with E-state index >= 15 is 0 Å². The summed E-state index contributed by atoms with van der Waals surface area (Å²) in [6, 6.07) is 7.84. The zero-order chi connectivity index (χ0) is 26.6. The lowest BCUT2D eigenvalue weighted by Gasteiger charge is -2.36. The second kappa shape index (κ2) is 11.0. The van der Waals surface area contributed by atoms with Gasteiger partial charge in [0.05, 0.1) is 18.5 Å². The highest BCUT2D eigenvalue weighted by Gasteiger charge is 2.46. The van der Waals surface area contributed by atoms with Gasteiger partial charge < -0.3 is 15.3 Å². The van der Waals surface area contributed by atoms with Gasteiger partial charge in [0.25, 0.3) is 5.91 Å². The highest BCUT2D eigenvalue weighted by Crippen LogP contribution is 2.43. The maximum atomic E-state index is 14.1. The Morgan fingerprint density at radius 3 is 2.39 bits per heavy atom. The van der Waals surface area contributed by atoms with E-state index in [9.17, 15) is 19.5 Å². The van der Waals surface area contributed by atoms with Crippen molar-refractivity contribution in [2.24, 2.45) is 11.8 Å². The van der Waals surface area contributed by atoms with Gasteiger partial charge in [-0.25, -0.2) is 4.98 Å². The first-order valence-corrected chi connectivity index (χ1v) is 12.7. The quantitative estimate of drug-likeness (QED) is 0.512. The molecule has 2 aromatic rings. The number of nitriles is 1. The molecule has 2 heterocycles. The molecule has 0 bridgehead atoms. The van der Waals surface area contributed by atoms with Crippen LogP contribution in [-0.4, -0.2) is 45.4 Å². The summed E-state index contributed by atoms with van der Waals surface area (Å²) in [7, 11) is 0. The molecule has 0 radical (unpaired) electrons. The highest BCUT2D eigenvalue weighted by molar-refractivity contribution is 7.09. The summed E-state index contributed by atoms with van der Waals surface area (Å²) in [5.74, 6) is -2.28. The lowest BCUT2D eigenvalue weighted by Crippen LogP contribution is -2.45. The van der Waals surface area contributed by atoms with E-state index in [1.807, 2.05) is 32.0 Å². The summed E-state index contributed by atoms with van der Waals surface area (Å²) in [6.45, 7) is 9.91. The van der Waals surface area contributed by atoms with Crippen LogP contribution in [0.3, 0.4) is 0 Å². The molecule has 0 spiro atoms. The molecule has 2 N–H and O–H groups in total. The maximum Gasteiger partial charge on any atom is 0.303 e. The number of aromatic nitrogens is 1. The van der Waals surface area contributed by atoms with E-state index in [0.29, 0.717) is 16.1 Å². The van der Waals surface area contributed by atoms with Crippen LogP contribution < -0.4 is 5.32 Å². The summed E-state index contributed by atoms with van der Waals surface area (Å²) >= 11 is 1.32. The minimum Gasteiger partial charge on any atom is -0.481 e. The summed E-state index contributed by atoms with van der Waals surface area (Å²) in [4.78, 5) is 44.9. The number of benzene rings is 1. The SMILES string of the molecule is CC(C)C(CC(=O)O)[C@H]1C=C(C(=O)NCC#N)[C@H](c2nccs2)N1C(=O)c1ccc(C(C)(C)C)cc1. The largest absolute Gasteiger partial charge is 0.481 e. The number of carbonyl (C=O) groups excluding carboxylic acids is 2. The van der Waals surface area contributed by atoms with Crippen molar-refractivity contribution in [3.8, 4) is 6.07 Å². The fourth-order valence-electron chi connectivity index (χ4n) is 4.52. The summed E-state index contributed by atoms with van der Waals surface area (Å²) in [5.41, 5.74) is 1.73. The van der Waals surface area contributed by atoms with Crippen LogP contribution in [0, 0.1) is 23.2 Å². The van der Waals surface area contributed by atoms with Crippen molar-refractivity contribution in [2.45, 2.75) is 58.5 Å². The minimum absolute atomic E-state index is 0.0839. The number of aliphatic carboxylic acids is 1. The van der Waals surface area contributed by atoms with E-state index in [-0.39, 0.29) is 30.2 Å². The molecule has 1 unspecified atom stereocenters. The molecule has 3 rings (SSSR count). The Morgan fingerprint density at radius 1 is 1.22 bits per heavy atom. The minimum atomic E-state index is -0.975. The first-order chi connectivity index (χ1) is 17.0. The summed E-state index contributed by atoms with van der Waals surface area (Å²) < 4.78 is 0. The number of thiazole rings is 1. The third-order valence-corrected chi connectivity index (χ3v) is 7.29. The zero-order valence-corrected chi connectivity index (χ0v) is 22.0. The summed E-state index contributed by atoms with van der Waals surface area (Å²) in [5, 5.41) is 23.5. The molecular weight excluding hydrogens is 476 g/mol. The molecule has 3 atom stereocenters. The first-order valence-electron chi connectivity index (χ1n) is 11.9. The van der Waals surface area contributed by atoms with Crippen LogP contribution in [0.1, 0.15) is 68.0 Å². The number of rotatable bonds is 8. The average Bonchev–Trinajstić information content (AvgIpc) is 3.47. The van der Waals surface area contributed by atoms with Crippen LogP contribution in [0.5, 0.6) is 0 Å². The molecule has 1 aromatic heterocycles. The molecule has 2 amide bonds. The van der Waals surface area contributed by atoms with Crippen molar-refractivity contribution in [3.05, 3.63) is 63.6 Å². The van der Waals surface area contributed by atoms with E-state index in [2.05, 4.69) is 31.1 Å². The average molecular weight is 509 g/mol. The van der Waals surface area contributed by atoms with Gasteiger partial charge in [-0.3, -0.25) is 14.4 Å². The van der Waals surface area contributed by atoms with E-state index in [1.165, 1.54) is 11.3 Å². The number of carboxylic acid groups (broad SMARTS) is 1. The third-order valence-electron chi connectivity index (χ3n) is 6.46. The molecule has 1 aromatic carbocycles. The number of amides is 2. The lowest BCUT2D eigenvalue weighted by molar-refractivity contribution is -0.139. The van der Waals surface area contributed by atoms with Gasteiger partial charge in [-0.15, -0.1) is 11.3 Å². The number of hydrogen-bond donors (Lipinski definition) is 2.